The van der Waals surface area contributed by atoms with Gasteiger partial charge in [-0.15, -0.1) is 6.58 Å². The van der Waals surface area contributed by atoms with Crippen LogP contribution in [-0.4, -0.2) is 136 Å². The summed E-state index contributed by atoms with van der Waals surface area (Å²) in [5.74, 6) is -6.80. The number of nitrogens with zero attached hydrogens (tertiary/aromatic N) is 1. The van der Waals surface area contributed by atoms with Crippen molar-refractivity contribution in [3.8, 4) is 0 Å². The van der Waals surface area contributed by atoms with E-state index in [4.69, 9.17) is 23.7 Å². The summed E-state index contributed by atoms with van der Waals surface area (Å²) in [4.78, 5) is 72.4. The second-order valence-corrected chi connectivity index (χ2v) is 20.5. The number of aliphatic hydroxyl groups is 3. The van der Waals surface area contributed by atoms with E-state index in [1.807, 2.05) is 19.1 Å². The number of amides is 1. The average Bonchev–Trinajstić information content (AvgIpc) is 3.30. The number of rotatable bonds is 7. The molecule has 3 N–H and O–H groups in total. The van der Waals surface area contributed by atoms with Gasteiger partial charge in [0.15, 0.2) is 5.78 Å². The van der Waals surface area contributed by atoms with Gasteiger partial charge in [0.1, 0.15) is 30.1 Å². The van der Waals surface area contributed by atoms with Crippen LogP contribution in [0.4, 0.5) is 0 Å². The summed E-state index contributed by atoms with van der Waals surface area (Å²) >= 11 is 2.05. The van der Waals surface area contributed by atoms with Crippen molar-refractivity contribution >= 4 is 51.8 Å². The molecule has 15 heteroatoms. The zero-order chi connectivity index (χ0) is 48.9. The summed E-state index contributed by atoms with van der Waals surface area (Å²) in [6.07, 6.45) is 11.7. The van der Waals surface area contributed by atoms with Gasteiger partial charge < -0.3 is 43.9 Å². The van der Waals surface area contributed by atoms with E-state index in [0.29, 0.717) is 62.5 Å². The number of esters is 1. The van der Waals surface area contributed by atoms with Crippen molar-refractivity contribution in [1.29, 1.82) is 0 Å². The first-order chi connectivity index (χ1) is 31.3. The molecule has 2 saturated heterocycles. The molecule has 0 spiro atoms. The standard InChI is InChI=1S/C51H76INO13/c1-10-35-17-13-11-12-16-30(2)41(55)28-37-21-19-34(6)51(64-9,66-37)48(59)49(60)53-23-15-14-18-39(53)50(61)65-43(32(4)25-36-20-22-40(54)44(27-36)62-7)29-42(56)31(3)24-33(5)45(57)47(63-8)46(58)38(52)26-35/h10-13,16-17,24,31-32,34-41,43-45,47,54-55,57H,1,14-15,18-23,25-29H2,2-9H3/b12-11+,17-13+,30-16+,33-24+/t31-,32-,34-,35-,36+,37?,38-,39+,40-,41?,43+,44-,45-,47?,51?/m1/s1. The molecule has 15 atom stereocenters. The molecule has 0 aromatic rings. The van der Waals surface area contributed by atoms with E-state index in [1.165, 1.54) is 19.1 Å². The molecule has 3 heterocycles. The Hall–Kier alpha value is -2.90. The van der Waals surface area contributed by atoms with Crippen molar-refractivity contribution < 1.29 is 63.0 Å². The lowest BCUT2D eigenvalue weighted by Gasteiger charge is -2.44. The van der Waals surface area contributed by atoms with Crippen molar-refractivity contribution in [2.75, 3.05) is 27.9 Å². The molecule has 66 heavy (non-hydrogen) atoms. The average molecular weight is 1040 g/mol. The second-order valence-electron chi connectivity index (χ2n) is 19.0. The molecule has 14 nitrogen and oxygen atoms in total. The zero-order valence-corrected chi connectivity index (χ0v) is 42.4. The third-order valence-electron chi connectivity index (χ3n) is 14.3. The summed E-state index contributed by atoms with van der Waals surface area (Å²) in [7, 11) is 4.25. The van der Waals surface area contributed by atoms with E-state index >= 15 is 0 Å². The highest BCUT2D eigenvalue weighted by molar-refractivity contribution is 14.1. The summed E-state index contributed by atoms with van der Waals surface area (Å²) in [5.41, 5.74) is 1.02. The van der Waals surface area contributed by atoms with E-state index in [0.717, 1.165) is 6.42 Å². The molecule has 0 aromatic heterocycles. The number of alkyl halides is 1. The summed E-state index contributed by atoms with van der Waals surface area (Å²) in [6.45, 7) is 12.9. The van der Waals surface area contributed by atoms with Crippen LogP contribution >= 0.6 is 22.6 Å². The van der Waals surface area contributed by atoms with E-state index in [9.17, 15) is 39.3 Å². The number of methoxy groups -OCH3 is 3. The van der Waals surface area contributed by atoms with Gasteiger partial charge in [0, 0.05) is 52.6 Å². The van der Waals surface area contributed by atoms with E-state index < -0.39 is 81.9 Å². The first kappa shape index (κ1) is 55.7. The number of cyclic esters (lactones) is 1. The molecule has 3 aliphatic heterocycles. The molecular weight excluding hydrogens is 961 g/mol. The molecule has 370 valence electrons. The quantitative estimate of drug-likeness (QED) is 0.0822. The Morgan fingerprint density at radius 1 is 0.924 bits per heavy atom. The number of aliphatic hydroxyl groups excluding tert-OH is 3. The van der Waals surface area contributed by atoms with Gasteiger partial charge in [-0.2, -0.15) is 0 Å². The van der Waals surface area contributed by atoms with Gasteiger partial charge in [-0.05, 0) is 107 Å². The molecule has 1 saturated carbocycles. The summed E-state index contributed by atoms with van der Waals surface area (Å²) < 4.78 is 29.1. The lowest BCUT2D eigenvalue weighted by Crippen LogP contribution is -2.61. The highest BCUT2D eigenvalue weighted by atomic mass is 127. The molecule has 0 aromatic carbocycles. The van der Waals surface area contributed by atoms with Crippen LogP contribution in [0.5, 0.6) is 0 Å². The Balaban J connectivity index is 1.72. The summed E-state index contributed by atoms with van der Waals surface area (Å²) in [6, 6.07) is -1.11. The highest BCUT2D eigenvalue weighted by Crippen LogP contribution is 2.39. The van der Waals surface area contributed by atoms with E-state index in [2.05, 4.69) is 29.2 Å². The number of piperidine rings is 1. The first-order valence-corrected chi connectivity index (χ1v) is 25.0. The minimum atomic E-state index is -1.95. The molecular formula is C51H76INO13. The van der Waals surface area contributed by atoms with Crippen LogP contribution in [0.25, 0.3) is 0 Å². The number of fused-ring (bicyclic) bond motifs is 3. The molecule has 0 radical (unpaired) electrons. The summed E-state index contributed by atoms with van der Waals surface area (Å²) in [5, 5.41) is 33.2. The van der Waals surface area contributed by atoms with Crippen molar-refractivity contribution in [1.82, 2.24) is 4.90 Å². The van der Waals surface area contributed by atoms with Gasteiger partial charge in [0.2, 0.25) is 5.79 Å². The van der Waals surface area contributed by atoms with Crippen molar-refractivity contribution in [3.05, 3.63) is 60.3 Å². The number of carbonyl (C=O) groups excluding carboxylic acids is 5. The Morgan fingerprint density at radius 3 is 2.32 bits per heavy atom. The molecule has 3 fully saturated rings. The molecule has 4 aliphatic rings. The third-order valence-corrected chi connectivity index (χ3v) is 15.4. The second kappa shape index (κ2) is 26.2. The van der Waals surface area contributed by atoms with Gasteiger partial charge in [-0.25, -0.2) is 4.79 Å². The normalized spacial score (nSPS) is 39.9. The van der Waals surface area contributed by atoms with Crippen molar-refractivity contribution in [2.24, 2.45) is 29.6 Å². The highest BCUT2D eigenvalue weighted by Gasteiger charge is 2.54. The minimum absolute atomic E-state index is 0.115. The Kier molecular flexibility index (Phi) is 22.1. The largest absolute Gasteiger partial charge is 0.460 e. The van der Waals surface area contributed by atoms with Crippen LogP contribution in [0.3, 0.4) is 0 Å². The molecule has 1 amide bonds. The fourth-order valence-corrected chi connectivity index (χ4v) is 10.8. The Labute approximate surface area is 405 Å². The predicted molar refractivity (Wildman–Crippen MR) is 258 cm³/mol. The molecule has 1 aliphatic carbocycles. The van der Waals surface area contributed by atoms with Gasteiger partial charge >= 0.3 is 5.97 Å². The van der Waals surface area contributed by atoms with Crippen LogP contribution in [0, 0.1) is 29.6 Å². The van der Waals surface area contributed by atoms with Crippen LogP contribution < -0.4 is 0 Å². The monoisotopic (exact) mass is 1040 g/mol. The smallest absolute Gasteiger partial charge is 0.329 e. The maximum Gasteiger partial charge on any atom is 0.329 e. The van der Waals surface area contributed by atoms with E-state index in [1.54, 1.807) is 65.2 Å². The fraction of sp³-hybridized carbons (Fsp3) is 0.706. The maximum atomic E-state index is 14.5. The number of allylic oxidation sites excluding steroid dienone is 7. The number of ketones is 3. The minimum Gasteiger partial charge on any atom is -0.460 e. The number of carbonyl (C=O) groups is 5. The van der Waals surface area contributed by atoms with Crippen molar-refractivity contribution in [2.45, 2.75) is 170 Å². The van der Waals surface area contributed by atoms with Crippen LogP contribution in [0.1, 0.15) is 112 Å². The fourth-order valence-electron chi connectivity index (χ4n) is 9.88. The number of halogens is 1. The number of ether oxygens (including phenoxy) is 5. The molecule has 2 bridgehead atoms. The first-order valence-electron chi connectivity index (χ1n) is 23.7. The number of hydrogen-bond donors (Lipinski definition) is 3. The Morgan fingerprint density at radius 2 is 1.65 bits per heavy atom. The zero-order valence-electron chi connectivity index (χ0n) is 40.3. The SMILES string of the molecule is C=C[C@@H]1/C=C/C=C/C=C(\C)C(O)CC2CC[C@@H](C)C(OC)(O2)C(=O)C(=O)N2CCCC[C@H]2C(=O)O[C@H]([C@H](C)C[C@@H]2CC[C@@H](O)[C@H](OC)C2)CC(=O)[C@H](C)/C=C(\C)[C@@H](O)C(OC)C(=O)[C@H](I)C1. The number of hydrogen-bond acceptors (Lipinski definition) is 13. The molecule has 4 unspecified atom stereocenters. The van der Waals surface area contributed by atoms with Crippen molar-refractivity contribution in [3.63, 3.8) is 0 Å². The Bertz CT molecular complexity index is 1810. The van der Waals surface area contributed by atoms with Gasteiger partial charge in [-0.1, -0.05) is 85.9 Å². The lowest BCUT2D eigenvalue weighted by molar-refractivity contribution is -0.277. The lowest BCUT2D eigenvalue weighted by atomic mass is 9.78. The van der Waals surface area contributed by atoms with E-state index in [-0.39, 0.29) is 61.2 Å². The van der Waals surface area contributed by atoms with Crippen LogP contribution in [0.15, 0.2) is 60.3 Å². The van der Waals surface area contributed by atoms with Gasteiger partial charge in [-0.3, -0.25) is 19.2 Å². The van der Waals surface area contributed by atoms with Crippen LogP contribution in [-0.2, 0) is 47.7 Å². The third kappa shape index (κ3) is 14.3. The topological polar surface area (TPSA) is 195 Å². The van der Waals surface area contributed by atoms with Gasteiger partial charge in [0.05, 0.1) is 28.3 Å². The molecule has 4 rings (SSSR count). The van der Waals surface area contributed by atoms with Crippen LogP contribution in [0.2, 0.25) is 0 Å². The predicted octanol–water partition coefficient (Wildman–Crippen LogP) is 6.51. The van der Waals surface area contributed by atoms with Gasteiger partial charge in [0.25, 0.3) is 11.7 Å². The maximum absolute atomic E-state index is 14.5. The number of Topliss-reactive ketones (excluding diaryl/α,β-unsaturated/α-hetero) is 3.